The zero-order valence-electron chi connectivity index (χ0n) is 23.0. The van der Waals surface area contributed by atoms with Crippen molar-refractivity contribution in [3.05, 3.63) is 11.6 Å². The third kappa shape index (κ3) is 4.35. The number of hydrogen-bond donors (Lipinski definition) is 0. The molecule has 4 fully saturated rings. The van der Waals surface area contributed by atoms with Crippen molar-refractivity contribution in [3.8, 4) is 0 Å². The van der Waals surface area contributed by atoms with Crippen LogP contribution in [0.3, 0.4) is 0 Å². The Morgan fingerprint density at radius 2 is 1.89 bits per heavy atom. The van der Waals surface area contributed by atoms with Gasteiger partial charge in [-0.05, 0) is 98.7 Å². The highest BCUT2D eigenvalue weighted by Gasteiger charge is 2.65. The van der Waals surface area contributed by atoms with Crippen molar-refractivity contribution >= 4 is 17.7 Å². The van der Waals surface area contributed by atoms with Crippen LogP contribution in [0.5, 0.6) is 0 Å². The van der Waals surface area contributed by atoms with Crippen LogP contribution in [0.25, 0.3) is 0 Å². The van der Waals surface area contributed by atoms with E-state index in [1.165, 1.54) is 39.5 Å². The molecule has 6 heteroatoms. The number of nitrogens with zero attached hydrogens (tertiary/aromatic N) is 1. The van der Waals surface area contributed by atoms with Gasteiger partial charge in [0.25, 0.3) is 0 Å². The van der Waals surface area contributed by atoms with E-state index >= 15 is 0 Å². The van der Waals surface area contributed by atoms with Crippen LogP contribution in [-0.2, 0) is 23.9 Å². The smallest absolute Gasteiger partial charge is 0.331 e. The fourth-order valence-electron chi connectivity index (χ4n) is 9.52. The molecule has 1 heterocycles. The molecule has 1 saturated heterocycles. The van der Waals surface area contributed by atoms with Gasteiger partial charge in [0, 0.05) is 20.3 Å². The van der Waals surface area contributed by atoms with E-state index in [-0.39, 0.29) is 29.6 Å². The number of allylic oxidation sites excluding steroid dienone is 1. The molecule has 5 aliphatic rings. The Labute approximate surface area is 216 Å². The molecule has 4 aliphatic carbocycles. The Morgan fingerprint density at radius 1 is 1.11 bits per heavy atom. The molecule has 0 radical (unpaired) electrons. The molecule has 3 saturated carbocycles. The molecule has 0 aromatic heterocycles. The Kier molecular flexibility index (Phi) is 6.89. The van der Waals surface area contributed by atoms with Gasteiger partial charge in [0.05, 0.1) is 17.9 Å². The normalized spacial score (nSPS) is 45.6. The predicted molar refractivity (Wildman–Crippen MR) is 138 cm³/mol. The summed E-state index contributed by atoms with van der Waals surface area (Å²) < 4.78 is 12.4. The van der Waals surface area contributed by atoms with E-state index in [0.717, 1.165) is 55.6 Å². The minimum atomic E-state index is -0.375. The van der Waals surface area contributed by atoms with Gasteiger partial charge >= 0.3 is 11.9 Å². The molecule has 36 heavy (non-hydrogen) atoms. The molecule has 0 unspecified atom stereocenters. The Balaban J connectivity index is 1.27. The fourth-order valence-corrected chi connectivity index (χ4v) is 9.52. The maximum absolute atomic E-state index is 11.5. The number of esters is 1. The van der Waals surface area contributed by atoms with Crippen molar-refractivity contribution in [2.45, 2.75) is 118 Å². The van der Waals surface area contributed by atoms with Crippen molar-refractivity contribution in [2.75, 3.05) is 0 Å². The molecule has 1 aliphatic heterocycles. The summed E-state index contributed by atoms with van der Waals surface area (Å²) in [5.41, 5.74) is 3.01. The second-order valence-electron chi connectivity index (χ2n) is 13.1. The third-order valence-electron chi connectivity index (χ3n) is 11.1. The van der Waals surface area contributed by atoms with E-state index in [1.54, 1.807) is 5.57 Å². The van der Waals surface area contributed by atoms with E-state index in [4.69, 9.17) is 14.3 Å². The van der Waals surface area contributed by atoms with Crippen LogP contribution < -0.4 is 0 Å². The average Bonchev–Trinajstić information content (AvgIpc) is 3.29. The Morgan fingerprint density at radius 3 is 2.61 bits per heavy atom. The summed E-state index contributed by atoms with van der Waals surface area (Å²) in [6, 6.07) is 0. The van der Waals surface area contributed by atoms with Crippen LogP contribution >= 0.6 is 0 Å². The monoisotopic (exact) mass is 499 g/mol. The molecule has 5 rings (SSSR count). The van der Waals surface area contributed by atoms with Crippen LogP contribution in [0.2, 0.25) is 0 Å². The van der Waals surface area contributed by atoms with Gasteiger partial charge in [0.1, 0.15) is 6.10 Å². The molecule has 0 N–H and O–H groups in total. The number of rotatable bonds is 5. The fraction of sp³-hybridized carbons (Fsp3) is 0.833. The number of oxime groups is 1. The van der Waals surface area contributed by atoms with Crippen LogP contribution in [-0.4, -0.2) is 36.0 Å². The van der Waals surface area contributed by atoms with Crippen LogP contribution in [0, 0.1) is 40.4 Å². The molecule has 6 nitrogen and oxygen atoms in total. The minimum Gasteiger partial charge on any atom is -0.462 e. The van der Waals surface area contributed by atoms with Crippen LogP contribution in [0.4, 0.5) is 0 Å². The third-order valence-corrected chi connectivity index (χ3v) is 11.1. The minimum absolute atomic E-state index is 0.0620. The van der Waals surface area contributed by atoms with E-state index in [1.807, 2.05) is 6.92 Å². The van der Waals surface area contributed by atoms with Gasteiger partial charge in [-0.2, -0.15) is 0 Å². The summed E-state index contributed by atoms with van der Waals surface area (Å²) in [4.78, 5) is 27.4. The Bertz CT molecular complexity index is 957. The maximum atomic E-state index is 11.5. The number of hydrogen-bond acceptors (Lipinski definition) is 6. The lowest BCUT2D eigenvalue weighted by Gasteiger charge is -2.58. The SMILES string of the molecule is CC(=O)O/N=C(\C)CC[C@H]1O[C@H]2C[C@H]3[C@@H]4CC=C5C[C@@H](OC(C)=O)CC[C@]5(C)[C@H]4CC[C@]3(C)[C@H]2[C@@H]1C. The summed E-state index contributed by atoms with van der Waals surface area (Å²) in [7, 11) is 0. The van der Waals surface area contributed by atoms with Crippen molar-refractivity contribution in [1.29, 1.82) is 0 Å². The van der Waals surface area contributed by atoms with E-state index in [9.17, 15) is 9.59 Å². The number of fused-ring (bicyclic) bond motifs is 7. The first-order valence-corrected chi connectivity index (χ1v) is 14.3. The zero-order valence-corrected chi connectivity index (χ0v) is 23.0. The second kappa shape index (κ2) is 9.56. The van der Waals surface area contributed by atoms with Gasteiger partial charge < -0.3 is 14.3 Å². The van der Waals surface area contributed by atoms with Gasteiger partial charge in [0.15, 0.2) is 0 Å². The van der Waals surface area contributed by atoms with E-state index in [0.29, 0.717) is 23.4 Å². The molecule has 10 atom stereocenters. The Hall–Kier alpha value is -1.69. The van der Waals surface area contributed by atoms with Gasteiger partial charge in [-0.1, -0.05) is 37.6 Å². The summed E-state index contributed by atoms with van der Waals surface area (Å²) in [5, 5.41) is 3.95. The topological polar surface area (TPSA) is 74.2 Å². The largest absolute Gasteiger partial charge is 0.462 e. The quantitative estimate of drug-likeness (QED) is 0.147. The molecule has 0 amide bonds. The molecule has 200 valence electrons. The standard InChI is InChI=1S/C30H45NO5/c1-17(31-36-20(4)33)7-10-26-18(2)28-27(35-26)16-25-23-9-8-21-15-22(34-19(3)32)11-13-29(21,5)24(23)12-14-30(25,28)6/h8,18,22-28H,7,9-16H2,1-6H3/b31-17+/t18-,22+,23-,24+,25+,26-,27+,28+,29+,30+/m1/s1. The lowest BCUT2D eigenvalue weighted by molar-refractivity contribution is -0.148. The molecule has 0 bridgehead atoms. The molecule has 0 aromatic carbocycles. The van der Waals surface area contributed by atoms with Gasteiger partial charge in [-0.15, -0.1) is 0 Å². The van der Waals surface area contributed by atoms with Gasteiger partial charge in [-0.3, -0.25) is 4.79 Å². The van der Waals surface area contributed by atoms with Crippen molar-refractivity contribution in [2.24, 2.45) is 45.6 Å². The van der Waals surface area contributed by atoms with E-state index < -0.39 is 0 Å². The number of carbonyl (C=O) groups is 2. The van der Waals surface area contributed by atoms with Crippen LogP contribution in [0.15, 0.2) is 16.8 Å². The molecular formula is C30H45NO5. The predicted octanol–water partition coefficient (Wildman–Crippen LogP) is 6.23. The summed E-state index contributed by atoms with van der Waals surface area (Å²) in [6.07, 6.45) is 13.0. The van der Waals surface area contributed by atoms with Gasteiger partial charge in [0.2, 0.25) is 0 Å². The number of ether oxygens (including phenoxy) is 2. The van der Waals surface area contributed by atoms with Crippen molar-refractivity contribution in [1.82, 2.24) is 0 Å². The summed E-state index contributed by atoms with van der Waals surface area (Å²) in [5.74, 6) is 2.83. The lowest BCUT2D eigenvalue weighted by atomic mass is 9.47. The molecule has 0 spiro atoms. The first kappa shape index (κ1) is 25.9. The average molecular weight is 500 g/mol. The van der Waals surface area contributed by atoms with Gasteiger partial charge in [-0.25, -0.2) is 4.79 Å². The first-order chi connectivity index (χ1) is 17.0. The van der Waals surface area contributed by atoms with Crippen molar-refractivity contribution in [3.63, 3.8) is 0 Å². The summed E-state index contributed by atoms with van der Waals surface area (Å²) in [6.45, 7) is 12.3. The maximum Gasteiger partial charge on any atom is 0.331 e. The highest BCUT2D eigenvalue weighted by molar-refractivity contribution is 5.82. The summed E-state index contributed by atoms with van der Waals surface area (Å²) >= 11 is 0. The number of carbonyl (C=O) groups excluding carboxylic acids is 2. The molecule has 0 aromatic rings. The zero-order chi connectivity index (χ0) is 25.8. The van der Waals surface area contributed by atoms with Crippen LogP contribution in [0.1, 0.15) is 99.3 Å². The van der Waals surface area contributed by atoms with E-state index in [2.05, 4.69) is 32.0 Å². The highest BCUT2D eigenvalue weighted by atomic mass is 16.7. The second-order valence-corrected chi connectivity index (χ2v) is 13.1. The van der Waals surface area contributed by atoms with Crippen molar-refractivity contribution < 1.29 is 23.9 Å². The molecular weight excluding hydrogens is 454 g/mol. The lowest BCUT2D eigenvalue weighted by Crippen LogP contribution is -2.51. The highest BCUT2D eigenvalue weighted by Crippen LogP contribution is 2.69. The first-order valence-electron chi connectivity index (χ1n) is 14.3.